The van der Waals surface area contributed by atoms with E-state index in [9.17, 15) is 22.4 Å². The fourth-order valence-corrected chi connectivity index (χ4v) is 2.70. The molecule has 0 aliphatic heterocycles. The quantitative estimate of drug-likeness (QED) is 0.601. The molecule has 128 valence electrons. The van der Waals surface area contributed by atoms with Crippen molar-refractivity contribution < 1.29 is 27.1 Å². The first-order valence-electron chi connectivity index (χ1n) is 6.83. The molecule has 2 rings (SSSR count). The third kappa shape index (κ3) is 4.89. The van der Waals surface area contributed by atoms with Crippen LogP contribution in [0.4, 0.5) is 23.2 Å². The lowest BCUT2D eigenvalue weighted by atomic mass is 10.3. The number of amides is 1. The van der Waals surface area contributed by atoms with Crippen LogP contribution in [0.2, 0.25) is 0 Å². The van der Waals surface area contributed by atoms with E-state index in [0.717, 1.165) is 23.9 Å². The van der Waals surface area contributed by atoms with Gasteiger partial charge in [0.2, 0.25) is 5.91 Å². The highest BCUT2D eigenvalue weighted by Gasteiger charge is 2.18. The van der Waals surface area contributed by atoms with E-state index in [-0.39, 0.29) is 11.4 Å². The van der Waals surface area contributed by atoms with Crippen molar-refractivity contribution in [2.75, 3.05) is 5.32 Å². The van der Waals surface area contributed by atoms with Gasteiger partial charge >= 0.3 is 6.61 Å². The Morgan fingerprint density at radius 2 is 1.83 bits per heavy atom. The summed E-state index contributed by atoms with van der Waals surface area (Å²) >= 11 is 1.01. The number of carbonyl (C=O) groups is 1. The Morgan fingerprint density at radius 3 is 2.50 bits per heavy atom. The third-order valence-corrected chi connectivity index (χ3v) is 4.03. The molecule has 0 aliphatic rings. The number of alkyl halides is 2. The smallest absolute Gasteiger partial charge is 0.387 e. The molecule has 0 bridgehead atoms. The molecule has 8 heteroatoms. The molecule has 0 spiro atoms. The van der Waals surface area contributed by atoms with Crippen molar-refractivity contribution in [3.63, 3.8) is 0 Å². The minimum Gasteiger partial charge on any atom is -0.433 e. The van der Waals surface area contributed by atoms with Crippen LogP contribution >= 0.6 is 11.8 Å². The van der Waals surface area contributed by atoms with E-state index in [1.807, 2.05) is 0 Å². The van der Waals surface area contributed by atoms with Crippen molar-refractivity contribution in [3.8, 4) is 5.75 Å². The predicted octanol–water partition coefficient (Wildman–Crippen LogP) is 4.69. The van der Waals surface area contributed by atoms with E-state index in [2.05, 4.69) is 10.1 Å². The molecule has 0 radical (unpaired) electrons. The van der Waals surface area contributed by atoms with Crippen LogP contribution < -0.4 is 10.1 Å². The molecule has 0 aliphatic carbocycles. The van der Waals surface area contributed by atoms with Gasteiger partial charge < -0.3 is 10.1 Å². The average Bonchev–Trinajstić information content (AvgIpc) is 2.52. The number of para-hydroxylation sites is 2. The van der Waals surface area contributed by atoms with Crippen LogP contribution in [0, 0.1) is 11.6 Å². The highest BCUT2D eigenvalue weighted by Crippen LogP contribution is 2.29. The van der Waals surface area contributed by atoms with E-state index >= 15 is 0 Å². The number of hydrogen-bond acceptors (Lipinski definition) is 3. The summed E-state index contributed by atoms with van der Waals surface area (Å²) in [6.07, 6.45) is 0. The number of hydrogen-bond donors (Lipinski definition) is 1. The SMILES string of the molecule is CC(Sc1ccc(F)c(F)c1)C(=O)Nc1ccccc1OC(F)F. The summed E-state index contributed by atoms with van der Waals surface area (Å²) in [6, 6.07) is 9.07. The second kappa shape index (κ2) is 8.05. The third-order valence-electron chi connectivity index (χ3n) is 2.93. The zero-order valence-electron chi connectivity index (χ0n) is 12.4. The topological polar surface area (TPSA) is 38.3 Å². The molecule has 1 N–H and O–H groups in total. The van der Waals surface area contributed by atoms with Crippen molar-refractivity contribution >= 4 is 23.4 Å². The molecule has 24 heavy (non-hydrogen) atoms. The molecule has 0 saturated carbocycles. The van der Waals surface area contributed by atoms with Gasteiger partial charge in [-0.15, -0.1) is 11.8 Å². The van der Waals surface area contributed by atoms with Crippen molar-refractivity contribution in [2.45, 2.75) is 23.7 Å². The number of ether oxygens (including phenoxy) is 1. The Bertz CT molecular complexity index is 727. The van der Waals surface area contributed by atoms with Gasteiger partial charge in [0.25, 0.3) is 0 Å². The zero-order valence-corrected chi connectivity index (χ0v) is 13.2. The molecule has 1 unspecified atom stereocenters. The molecular weight excluding hydrogens is 346 g/mol. The van der Waals surface area contributed by atoms with Crippen molar-refractivity contribution in [1.29, 1.82) is 0 Å². The minimum atomic E-state index is -3.02. The molecule has 0 aromatic heterocycles. The predicted molar refractivity (Wildman–Crippen MR) is 83.4 cm³/mol. The van der Waals surface area contributed by atoms with E-state index in [1.54, 1.807) is 13.0 Å². The zero-order chi connectivity index (χ0) is 17.7. The van der Waals surface area contributed by atoms with Gasteiger partial charge in [-0.25, -0.2) is 8.78 Å². The molecule has 3 nitrogen and oxygen atoms in total. The number of nitrogens with one attached hydrogen (secondary N) is 1. The number of thioether (sulfide) groups is 1. The van der Waals surface area contributed by atoms with Crippen molar-refractivity contribution in [3.05, 3.63) is 54.1 Å². The molecule has 0 saturated heterocycles. The second-order valence-corrected chi connectivity index (χ2v) is 6.11. The van der Waals surface area contributed by atoms with Crippen molar-refractivity contribution in [2.24, 2.45) is 0 Å². The van der Waals surface area contributed by atoms with Crippen molar-refractivity contribution in [1.82, 2.24) is 0 Å². The summed E-state index contributed by atoms with van der Waals surface area (Å²) in [6.45, 7) is -1.46. The molecular formula is C16H13F4NO2S. The van der Waals surface area contributed by atoms with Gasteiger partial charge in [-0.2, -0.15) is 8.78 Å². The highest BCUT2D eigenvalue weighted by atomic mass is 32.2. The molecule has 2 aromatic rings. The normalized spacial score (nSPS) is 12.1. The fourth-order valence-electron chi connectivity index (χ4n) is 1.81. The summed E-state index contributed by atoms with van der Waals surface area (Å²) in [7, 11) is 0. The van der Waals surface area contributed by atoms with Gasteiger partial charge in [-0.3, -0.25) is 4.79 Å². The molecule has 1 atom stereocenters. The Labute approximate surface area is 140 Å². The number of rotatable bonds is 6. The standard InChI is InChI=1S/C16H13F4NO2S/c1-9(24-10-6-7-11(17)12(18)8-10)15(22)21-13-4-2-3-5-14(13)23-16(19)20/h2-9,16H,1H3,(H,21,22). The molecule has 0 heterocycles. The summed E-state index contributed by atoms with van der Waals surface area (Å²) in [5.74, 6) is -2.64. The van der Waals surface area contributed by atoms with Gasteiger partial charge in [0.1, 0.15) is 5.75 Å². The minimum absolute atomic E-state index is 0.0977. The molecule has 0 fully saturated rings. The Kier molecular flexibility index (Phi) is 6.08. The lowest BCUT2D eigenvalue weighted by Gasteiger charge is -2.15. The summed E-state index contributed by atoms with van der Waals surface area (Å²) in [4.78, 5) is 12.5. The number of anilines is 1. The fraction of sp³-hybridized carbons (Fsp3) is 0.188. The Hall–Kier alpha value is -2.22. The Morgan fingerprint density at radius 1 is 1.12 bits per heavy atom. The van der Waals surface area contributed by atoms with Gasteiger partial charge in [-0.05, 0) is 37.3 Å². The lowest BCUT2D eigenvalue weighted by Crippen LogP contribution is -2.23. The molecule has 2 aromatic carbocycles. The first-order valence-corrected chi connectivity index (χ1v) is 7.71. The summed E-state index contributed by atoms with van der Waals surface area (Å²) in [5.41, 5.74) is 0.0977. The van der Waals surface area contributed by atoms with Crippen LogP contribution in [0.1, 0.15) is 6.92 Å². The molecule has 1 amide bonds. The van der Waals surface area contributed by atoms with Crippen LogP contribution in [0.3, 0.4) is 0 Å². The second-order valence-electron chi connectivity index (χ2n) is 4.70. The highest BCUT2D eigenvalue weighted by molar-refractivity contribution is 8.00. The number of benzene rings is 2. The Balaban J connectivity index is 2.05. The van der Waals surface area contributed by atoms with Crippen LogP contribution in [0.25, 0.3) is 0 Å². The first-order chi connectivity index (χ1) is 11.4. The maximum absolute atomic E-state index is 13.2. The first kappa shape index (κ1) is 18.1. The van der Waals surface area contributed by atoms with Crippen LogP contribution in [-0.4, -0.2) is 17.8 Å². The number of carbonyl (C=O) groups excluding carboxylic acids is 1. The maximum atomic E-state index is 13.2. The van der Waals surface area contributed by atoms with Gasteiger partial charge in [0, 0.05) is 4.90 Å². The van der Waals surface area contributed by atoms with Crippen LogP contribution in [0.15, 0.2) is 47.4 Å². The van der Waals surface area contributed by atoms with E-state index < -0.39 is 29.4 Å². The van der Waals surface area contributed by atoms with E-state index in [0.29, 0.717) is 4.90 Å². The van der Waals surface area contributed by atoms with Crippen LogP contribution in [0.5, 0.6) is 5.75 Å². The van der Waals surface area contributed by atoms with E-state index in [1.165, 1.54) is 24.3 Å². The summed E-state index contributed by atoms with van der Waals surface area (Å²) < 4.78 is 55.1. The summed E-state index contributed by atoms with van der Waals surface area (Å²) in [5, 5.41) is 1.80. The van der Waals surface area contributed by atoms with Gasteiger partial charge in [0.15, 0.2) is 11.6 Å². The monoisotopic (exact) mass is 359 g/mol. The number of halogens is 4. The van der Waals surface area contributed by atoms with Gasteiger partial charge in [-0.1, -0.05) is 12.1 Å². The van der Waals surface area contributed by atoms with Gasteiger partial charge in [0.05, 0.1) is 10.9 Å². The maximum Gasteiger partial charge on any atom is 0.387 e. The van der Waals surface area contributed by atoms with E-state index in [4.69, 9.17) is 0 Å². The average molecular weight is 359 g/mol. The lowest BCUT2D eigenvalue weighted by molar-refractivity contribution is -0.115. The largest absolute Gasteiger partial charge is 0.433 e. The van der Waals surface area contributed by atoms with Crippen LogP contribution in [-0.2, 0) is 4.79 Å².